The second-order valence-electron chi connectivity index (χ2n) is 5.70. The lowest BCUT2D eigenvalue weighted by atomic mass is 9.97. The minimum absolute atomic E-state index is 0.595. The van der Waals surface area contributed by atoms with Crippen LogP contribution in [-0.2, 0) is 6.54 Å². The van der Waals surface area contributed by atoms with E-state index >= 15 is 0 Å². The van der Waals surface area contributed by atoms with Gasteiger partial charge < -0.3 is 4.74 Å². The van der Waals surface area contributed by atoms with Gasteiger partial charge in [-0.2, -0.15) is 0 Å². The third-order valence-corrected chi connectivity index (χ3v) is 4.24. The molecule has 5 heteroatoms. The van der Waals surface area contributed by atoms with E-state index < -0.39 is 0 Å². The molecule has 0 bridgehead atoms. The van der Waals surface area contributed by atoms with Crippen molar-refractivity contribution in [2.45, 2.75) is 19.4 Å². The molecule has 0 aliphatic carbocycles. The molecule has 2 aromatic rings. The number of ether oxygens (including phenoxy) is 1. The van der Waals surface area contributed by atoms with Gasteiger partial charge in [-0.1, -0.05) is 23.7 Å². The molecule has 0 radical (unpaired) electrons. The van der Waals surface area contributed by atoms with Crippen molar-refractivity contribution in [3.63, 3.8) is 0 Å². The highest BCUT2D eigenvalue weighted by atomic mass is 35.5. The second-order valence-corrected chi connectivity index (χ2v) is 6.14. The zero-order valence-corrected chi connectivity index (χ0v) is 13.2. The maximum atomic E-state index is 6.04. The van der Waals surface area contributed by atoms with Crippen LogP contribution in [0.5, 0.6) is 5.88 Å². The smallest absolute Gasteiger partial charge is 0.232 e. The zero-order chi connectivity index (χ0) is 15.2. The Morgan fingerprint density at radius 1 is 1.23 bits per heavy atom. The molecule has 1 aromatic carbocycles. The molecule has 1 aliphatic rings. The van der Waals surface area contributed by atoms with Gasteiger partial charge in [-0.25, -0.2) is 4.98 Å². The summed E-state index contributed by atoms with van der Waals surface area (Å²) in [6.07, 6.45) is 7.28. The SMILES string of the molecule is Clc1cccc(CN2CCC(COc3cnccn3)CC2)c1. The number of benzene rings is 1. The van der Waals surface area contributed by atoms with Gasteiger partial charge >= 0.3 is 0 Å². The van der Waals surface area contributed by atoms with Crippen LogP contribution in [0.1, 0.15) is 18.4 Å². The summed E-state index contributed by atoms with van der Waals surface area (Å²) in [5.74, 6) is 1.21. The Kier molecular flexibility index (Phi) is 5.24. The molecule has 1 aromatic heterocycles. The highest BCUT2D eigenvalue weighted by molar-refractivity contribution is 6.30. The summed E-state index contributed by atoms with van der Waals surface area (Å²) in [7, 11) is 0. The van der Waals surface area contributed by atoms with Crippen molar-refractivity contribution < 1.29 is 4.74 Å². The average molecular weight is 318 g/mol. The van der Waals surface area contributed by atoms with Crippen molar-refractivity contribution in [1.29, 1.82) is 0 Å². The quantitative estimate of drug-likeness (QED) is 0.847. The Morgan fingerprint density at radius 3 is 2.82 bits per heavy atom. The van der Waals surface area contributed by atoms with Crippen molar-refractivity contribution in [3.8, 4) is 5.88 Å². The van der Waals surface area contributed by atoms with Crippen LogP contribution in [0.2, 0.25) is 5.02 Å². The normalized spacial score (nSPS) is 16.6. The van der Waals surface area contributed by atoms with E-state index in [0.717, 1.165) is 44.1 Å². The number of nitrogens with zero attached hydrogens (tertiary/aromatic N) is 3. The fourth-order valence-corrected chi connectivity index (χ4v) is 2.98. The summed E-state index contributed by atoms with van der Waals surface area (Å²) in [6, 6.07) is 8.11. The van der Waals surface area contributed by atoms with Crippen LogP contribution < -0.4 is 4.74 Å². The van der Waals surface area contributed by atoms with Crippen LogP contribution in [0.3, 0.4) is 0 Å². The molecular formula is C17H20ClN3O. The van der Waals surface area contributed by atoms with E-state index in [0.29, 0.717) is 11.8 Å². The molecule has 22 heavy (non-hydrogen) atoms. The predicted octanol–water partition coefficient (Wildman–Crippen LogP) is 3.42. The van der Waals surface area contributed by atoms with Gasteiger partial charge in [0.25, 0.3) is 0 Å². The molecule has 2 heterocycles. The summed E-state index contributed by atoms with van der Waals surface area (Å²) in [5.41, 5.74) is 1.28. The van der Waals surface area contributed by atoms with Gasteiger partial charge in [0.15, 0.2) is 0 Å². The van der Waals surface area contributed by atoms with E-state index in [1.165, 1.54) is 5.56 Å². The van der Waals surface area contributed by atoms with Gasteiger partial charge in [-0.15, -0.1) is 0 Å². The number of aromatic nitrogens is 2. The number of halogens is 1. The van der Waals surface area contributed by atoms with E-state index in [2.05, 4.69) is 20.9 Å². The summed E-state index contributed by atoms with van der Waals surface area (Å²) < 4.78 is 5.71. The third kappa shape index (κ3) is 4.42. The van der Waals surface area contributed by atoms with Crippen molar-refractivity contribution in [1.82, 2.24) is 14.9 Å². The first-order valence-corrected chi connectivity index (χ1v) is 8.03. The lowest BCUT2D eigenvalue weighted by Crippen LogP contribution is -2.35. The van der Waals surface area contributed by atoms with Crippen LogP contribution in [-0.4, -0.2) is 34.6 Å². The van der Waals surface area contributed by atoms with Crippen molar-refractivity contribution in [2.75, 3.05) is 19.7 Å². The lowest BCUT2D eigenvalue weighted by Gasteiger charge is -2.31. The van der Waals surface area contributed by atoms with Gasteiger partial charge in [0.05, 0.1) is 12.8 Å². The Hall–Kier alpha value is -1.65. The molecule has 0 amide bonds. The van der Waals surface area contributed by atoms with Gasteiger partial charge in [0.2, 0.25) is 5.88 Å². The van der Waals surface area contributed by atoms with Crippen LogP contribution in [0, 0.1) is 5.92 Å². The highest BCUT2D eigenvalue weighted by Gasteiger charge is 2.20. The Morgan fingerprint density at radius 2 is 2.09 bits per heavy atom. The predicted molar refractivity (Wildman–Crippen MR) is 87.0 cm³/mol. The molecule has 3 rings (SSSR count). The Bertz CT molecular complexity index is 585. The third-order valence-electron chi connectivity index (χ3n) is 4.01. The van der Waals surface area contributed by atoms with Gasteiger partial charge in [0.1, 0.15) is 0 Å². The molecule has 1 aliphatic heterocycles. The minimum Gasteiger partial charge on any atom is -0.476 e. The van der Waals surface area contributed by atoms with Crippen molar-refractivity contribution in [2.24, 2.45) is 5.92 Å². The van der Waals surface area contributed by atoms with Crippen molar-refractivity contribution in [3.05, 3.63) is 53.4 Å². The first-order chi connectivity index (χ1) is 10.8. The molecule has 0 atom stereocenters. The molecule has 1 saturated heterocycles. The zero-order valence-electron chi connectivity index (χ0n) is 12.5. The molecule has 116 valence electrons. The summed E-state index contributed by atoms with van der Waals surface area (Å²) in [4.78, 5) is 10.6. The summed E-state index contributed by atoms with van der Waals surface area (Å²) >= 11 is 6.04. The molecule has 4 nitrogen and oxygen atoms in total. The van der Waals surface area contributed by atoms with Gasteiger partial charge in [0, 0.05) is 24.0 Å². The lowest BCUT2D eigenvalue weighted by molar-refractivity contribution is 0.134. The summed E-state index contributed by atoms with van der Waals surface area (Å²) in [6.45, 7) is 3.89. The number of hydrogen-bond acceptors (Lipinski definition) is 4. The number of hydrogen-bond donors (Lipinski definition) is 0. The first-order valence-electron chi connectivity index (χ1n) is 7.65. The summed E-state index contributed by atoms with van der Waals surface area (Å²) in [5, 5.41) is 0.810. The van der Waals surface area contributed by atoms with Crippen molar-refractivity contribution >= 4 is 11.6 Å². The molecular weight excluding hydrogens is 298 g/mol. The number of piperidine rings is 1. The number of likely N-dealkylation sites (tertiary alicyclic amines) is 1. The molecule has 0 spiro atoms. The van der Waals surface area contributed by atoms with E-state index in [1.807, 2.05) is 18.2 Å². The van der Waals surface area contributed by atoms with E-state index in [1.54, 1.807) is 18.6 Å². The average Bonchev–Trinajstić information content (AvgIpc) is 2.55. The van der Waals surface area contributed by atoms with Crippen LogP contribution >= 0.6 is 11.6 Å². The first kappa shape index (κ1) is 15.3. The largest absolute Gasteiger partial charge is 0.476 e. The van der Waals surface area contributed by atoms with Crippen LogP contribution in [0.4, 0.5) is 0 Å². The molecule has 1 fully saturated rings. The maximum Gasteiger partial charge on any atom is 0.232 e. The molecule has 0 saturated carbocycles. The fraction of sp³-hybridized carbons (Fsp3) is 0.412. The van der Waals surface area contributed by atoms with Crippen LogP contribution in [0.25, 0.3) is 0 Å². The topological polar surface area (TPSA) is 38.2 Å². The van der Waals surface area contributed by atoms with E-state index in [4.69, 9.17) is 16.3 Å². The van der Waals surface area contributed by atoms with Gasteiger partial charge in [-0.3, -0.25) is 9.88 Å². The van der Waals surface area contributed by atoms with Gasteiger partial charge in [-0.05, 0) is 49.5 Å². The molecule has 0 N–H and O–H groups in total. The monoisotopic (exact) mass is 317 g/mol. The van der Waals surface area contributed by atoms with Crippen LogP contribution in [0.15, 0.2) is 42.9 Å². The second kappa shape index (κ2) is 7.56. The minimum atomic E-state index is 0.595. The number of rotatable bonds is 5. The Labute approximate surface area is 136 Å². The Balaban J connectivity index is 1.42. The molecule has 0 unspecified atom stereocenters. The van der Waals surface area contributed by atoms with E-state index in [9.17, 15) is 0 Å². The fourth-order valence-electron chi connectivity index (χ4n) is 2.77. The maximum absolute atomic E-state index is 6.04. The highest BCUT2D eigenvalue weighted by Crippen LogP contribution is 2.21. The standard InChI is InChI=1S/C17H20ClN3O/c18-16-3-1-2-15(10-16)12-21-8-4-14(5-9-21)13-22-17-11-19-6-7-20-17/h1-3,6-7,10-11,14H,4-5,8-9,12-13H2. The van der Waals surface area contributed by atoms with E-state index in [-0.39, 0.29) is 0 Å².